The van der Waals surface area contributed by atoms with E-state index < -0.39 is 5.97 Å². The van der Waals surface area contributed by atoms with E-state index in [2.05, 4.69) is 10.5 Å². The number of amides is 1. The topological polar surface area (TPSA) is 98.5 Å². The summed E-state index contributed by atoms with van der Waals surface area (Å²) in [7, 11) is 0. The van der Waals surface area contributed by atoms with E-state index in [9.17, 15) is 14.4 Å². The van der Waals surface area contributed by atoms with E-state index in [-0.39, 0.29) is 24.7 Å². The molecule has 2 aromatic carbocycles. The maximum Gasteiger partial charge on any atom is 0.312 e. The summed E-state index contributed by atoms with van der Waals surface area (Å²) in [5.74, 6) is -1.09. The summed E-state index contributed by atoms with van der Waals surface area (Å²) in [5, 5.41) is 7.21. The van der Waals surface area contributed by atoms with E-state index in [1.807, 2.05) is 12.1 Å². The first-order chi connectivity index (χ1) is 12.5. The monoisotopic (exact) mass is 352 g/mol. The molecule has 1 N–H and O–H groups in total. The average molecular weight is 352 g/mol. The van der Waals surface area contributed by atoms with Crippen molar-refractivity contribution in [3.8, 4) is 0 Å². The van der Waals surface area contributed by atoms with Crippen LogP contribution in [-0.2, 0) is 20.7 Å². The van der Waals surface area contributed by atoms with Crippen LogP contribution >= 0.6 is 0 Å². The third-order valence-electron chi connectivity index (χ3n) is 3.66. The highest BCUT2D eigenvalue weighted by atomic mass is 16.5. The van der Waals surface area contributed by atoms with Gasteiger partial charge in [0.1, 0.15) is 5.69 Å². The van der Waals surface area contributed by atoms with Crippen molar-refractivity contribution in [2.24, 2.45) is 0 Å². The number of carbonyl (C=O) groups is 3. The highest BCUT2D eigenvalue weighted by Gasteiger charge is 2.15. The molecule has 0 radical (unpaired) electrons. The fourth-order valence-electron chi connectivity index (χ4n) is 2.43. The number of aromatic nitrogens is 1. The van der Waals surface area contributed by atoms with E-state index in [0.717, 1.165) is 5.39 Å². The largest absolute Gasteiger partial charge is 0.457 e. The van der Waals surface area contributed by atoms with E-state index >= 15 is 0 Å². The summed E-state index contributed by atoms with van der Waals surface area (Å²) < 4.78 is 10.2. The molecule has 0 spiro atoms. The van der Waals surface area contributed by atoms with Gasteiger partial charge in [-0.2, -0.15) is 0 Å². The number of anilines is 1. The van der Waals surface area contributed by atoms with Gasteiger partial charge >= 0.3 is 5.97 Å². The molecule has 3 aromatic rings. The molecule has 3 rings (SSSR count). The van der Waals surface area contributed by atoms with Crippen LogP contribution in [-0.4, -0.2) is 29.4 Å². The number of carbonyl (C=O) groups excluding carboxylic acids is 3. The van der Waals surface area contributed by atoms with Crippen molar-refractivity contribution in [3.05, 3.63) is 59.8 Å². The molecule has 0 unspecified atom stereocenters. The number of hydrogen-bond donors (Lipinski definition) is 1. The van der Waals surface area contributed by atoms with Crippen LogP contribution in [0.25, 0.3) is 11.0 Å². The maximum atomic E-state index is 12.1. The van der Waals surface area contributed by atoms with Crippen molar-refractivity contribution in [2.45, 2.75) is 13.3 Å². The molecule has 0 saturated carbocycles. The van der Waals surface area contributed by atoms with Crippen LogP contribution in [0.15, 0.2) is 53.1 Å². The third-order valence-corrected chi connectivity index (χ3v) is 3.66. The van der Waals surface area contributed by atoms with Gasteiger partial charge in [0.05, 0.1) is 6.42 Å². The van der Waals surface area contributed by atoms with Gasteiger partial charge in [-0.25, -0.2) is 0 Å². The number of esters is 1. The van der Waals surface area contributed by atoms with Crippen molar-refractivity contribution in [1.29, 1.82) is 0 Å². The van der Waals surface area contributed by atoms with Gasteiger partial charge in [-0.15, -0.1) is 0 Å². The first-order valence-electron chi connectivity index (χ1n) is 7.92. The van der Waals surface area contributed by atoms with E-state index in [0.29, 0.717) is 22.5 Å². The number of benzene rings is 2. The molecule has 0 bridgehead atoms. The molecule has 1 heterocycles. The SMILES string of the molecule is CC(=O)Nc1ccc(C(=O)COC(=O)Cc2noc3ccccc23)cc1. The number of Topliss-reactive ketones (excluding diaryl/α,β-unsaturated/α-hetero) is 1. The quantitative estimate of drug-likeness (QED) is 0.541. The van der Waals surface area contributed by atoms with Crippen LogP contribution < -0.4 is 5.32 Å². The molecule has 0 aliphatic rings. The molecule has 26 heavy (non-hydrogen) atoms. The molecule has 1 aromatic heterocycles. The van der Waals surface area contributed by atoms with Gasteiger partial charge in [0, 0.05) is 23.6 Å². The lowest BCUT2D eigenvalue weighted by Gasteiger charge is -2.05. The summed E-state index contributed by atoms with van der Waals surface area (Å²) in [4.78, 5) is 35.0. The minimum Gasteiger partial charge on any atom is -0.457 e. The van der Waals surface area contributed by atoms with Gasteiger partial charge in [-0.1, -0.05) is 17.3 Å². The Hall–Kier alpha value is -3.48. The van der Waals surface area contributed by atoms with Crippen LogP contribution in [0.4, 0.5) is 5.69 Å². The summed E-state index contributed by atoms with van der Waals surface area (Å²) in [6.07, 6.45) is -0.0776. The Kier molecular flexibility index (Phi) is 5.07. The molecule has 0 saturated heterocycles. The number of fused-ring (bicyclic) bond motifs is 1. The number of hydrogen-bond acceptors (Lipinski definition) is 6. The summed E-state index contributed by atoms with van der Waals surface area (Å²) >= 11 is 0. The Morgan fingerprint density at radius 1 is 1.08 bits per heavy atom. The van der Waals surface area contributed by atoms with Crippen LogP contribution in [0.2, 0.25) is 0 Å². The Morgan fingerprint density at radius 3 is 2.54 bits per heavy atom. The van der Waals surface area contributed by atoms with E-state index in [4.69, 9.17) is 9.26 Å². The van der Waals surface area contributed by atoms with Crippen LogP contribution in [0.1, 0.15) is 23.0 Å². The lowest BCUT2D eigenvalue weighted by atomic mass is 10.1. The normalized spacial score (nSPS) is 10.5. The van der Waals surface area contributed by atoms with Crippen LogP contribution in [0.3, 0.4) is 0 Å². The van der Waals surface area contributed by atoms with Gasteiger partial charge in [0.15, 0.2) is 18.0 Å². The molecule has 7 heteroatoms. The first-order valence-corrected chi connectivity index (χ1v) is 7.92. The van der Waals surface area contributed by atoms with Crippen molar-refractivity contribution < 1.29 is 23.6 Å². The predicted octanol–water partition coefficient (Wildman–Crippen LogP) is 2.75. The number of para-hydroxylation sites is 1. The Bertz CT molecular complexity index is 959. The van der Waals surface area contributed by atoms with Crippen molar-refractivity contribution >= 4 is 34.3 Å². The summed E-state index contributed by atoms with van der Waals surface area (Å²) in [6, 6.07) is 13.5. The smallest absolute Gasteiger partial charge is 0.312 e. The van der Waals surface area contributed by atoms with Gasteiger partial charge < -0.3 is 14.6 Å². The Balaban J connectivity index is 1.55. The lowest BCUT2D eigenvalue weighted by molar-refractivity contribution is -0.141. The first kappa shape index (κ1) is 17.3. The summed E-state index contributed by atoms with van der Waals surface area (Å²) in [5.41, 5.74) is 2.03. The Morgan fingerprint density at radius 2 is 1.81 bits per heavy atom. The molecule has 0 atom stereocenters. The highest BCUT2D eigenvalue weighted by molar-refractivity contribution is 5.99. The third kappa shape index (κ3) is 4.13. The second kappa shape index (κ2) is 7.60. The molecule has 0 aliphatic heterocycles. The standard InChI is InChI=1S/C19H16N2O5/c1-12(22)20-14-8-6-13(7-9-14)17(23)11-25-19(24)10-16-15-4-2-3-5-18(15)26-21-16/h2-9H,10-11H2,1H3,(H,20,22). The Labute approximate surface area is 148 Å². The fraction of sp³-hybridized carbons (Fsp3) is 0.158. The number of nitrogens with zero attached hydrogens (tertiary/aromatic N) is 1. The zero-order chi connectivity index (χ0) is 18.5. The maximum absolute atomic E-state index is 12.1. The molecule has 1 amide bonds. The van der Waals surface area contributed by atoms with Gasteiger partial charge in [-0.3, -0.25) is 14.4 Å². The second-order valence-electron chi connectivity index (χ2n) is 5.64. The van der Waals surface area contributed by atoms with E-state index in [1.165, 1.54) is 6.92 Å². The van der Waals surface area contributed by atoms with Gasteiger partial charge in [0.25, 0.3) is 0 Å². The minimum atomic E-state index is -0.563. The lowest BCUT2D eigenvalue weighted by Crippen LogP contribution is -2.16. The van der Waals surface area contributed by atoms with Crippen LogP contribution in [0, 0.1) is 0 Å². The number of ether oxygens (including phenoxy) is 1. The van der Waals surface area contributed by atoms with Crippen LogP contribution in [0.5, 0.6) is 0 Å². The zero-order valence-electron chi connectivity index (χ0n) is 14.0. The molecular weight excluding hydrogens is 336 g/mol. The minimum absolute atomic E-state index is 0.0776. The molecule has 132 valence electrons. The highest BCUT2D eigenvalue weighted by Crippen LogP contribution is 2.18. The van der Waals surface area contributed by atoms with Crippen molar-refractivity contribution in [1.82, 2.24) is 5.16 Å². The molecule has 7 nitrogen and oxygen atoms in total. The van der Waals surface area contributed by atoms with Crippen molar-refractivity contribution in [2.75, 3.05) is 11.9 Å². The van der Waals surface area contributed by atoms with Gasteiger partial charge in [0.2, 0.25) is 5.91 Å². The fourth-order valence-corrected chi connectivity index (χ4v) is 2.43. The van der Waals surface area contributed by atoms with Gasteiger partial charge in [-0.05, 0) is 36.4 Å². The molecule has 0 aliphatic carbocycles. The van der Waals surface area contributed by atoms with Crippen molar-refractivity contribution in [3.63, 3.8) is 0 Å². The molecule has 0 fully saturated rings. The summed E-state index contributed by atoms with van der Waals surface area (Å²) in [6.45, 7) is 1.03. The number of rotatable bonds is 6. The van der Waals surface area contributed by atoms with E-state index in [1.54, 1.807) is 36.4 Å². The number of ketones is 1. The predicted molar refractivity (Wildman–Crippen MR) is 93.7 cm³/mol. The second-order valence-corrected chi connectivity index (χ2v) is 5.64. The average Bonchev–Trinajstić information content (AvgIpc) is 3.03. The zero-order valence-corrected chi connectivity index (χ0v) is 14.0. The molecular formula is C19H16N2O5. The number of nitrogens with one attached hydrogen (secondary N) is 1.